The highest BCUT2D eigenvalue weighted by Gasteiger charge is 2.42. The van der Waals surface area contributed by atoms with Crippen LogP contribution in [0.1, 0.15) is 51.9 Å². The van der Waals surface area contributed by atoms with Crippen LogP contribution in [0, 0.1) is 17.8 Å². The number of carbonyl (C=O) groups is 3. The topological polar surface area (TPSA) is 72.5 Å². The Balaban J connectivity index is 1.53. The minimum atomic E-state index is -0.740. The molecule has 0 aromatic rings. The van der Waals surface area contributed by atoms with Crippen LogP contribution in [0.3, 0.4) is 0 Å². The Hall–Kier alpha value is -1.39. The number of hydrogen-bond donors (Lipinski definition) is 1. The summed E-state index contributed by atoms with van der Waals surface area (Å²) in [6.07, 6.45) is 5.38. The number of amides is 1. The monoisotopic (exact) mass is 293 g/mol. The second-order valence-corrected chi connectivity index (χ2v) is 6.76. The van der Waals surface area contributed by atoms with Gasteiger partial charge in [0, 0.05) is 17.9 Å². The van der Waals surface area contributed by atoms with Crippen LogP contribution in [0.25, 0.3) is 0 Å². The molecule has 0 aromatic heterocycles. The van der Waals surface area contributed by atoms with Crippen LogP contribution in [0.4, 0.5) is 0 Å². The van der Waals surface area contributed by atoms with Crippen molar-refractivity contribution in [2.45, 2.75) is 64.0 Å². The lowest BCUT2D eigenvalue weighted by atomic mass is 9.67. The summed E-state index contributed by atoms with van der Waals surface area (Å²) in [7, 11) is 0. The SMILES string of the molecule is C[C@H](OC(=O)C1C[C@H]2CCC[C@@H](C1)C2=O)C(=O)NC1CC1. The molecule has 3 saturated carbocycles. The maximum atomic E-state index is 12.2. The zero-order valence-electron chi connectivity index (χ0n) is 12.5. The molecule has 0 aromatic carbocycles. The third kappa shape index (κ3) is 3.27. The van der Waals surface area contributed by atoms with Gasteiger partial charge in [-0.15, -0.1) is 0 Å². The third-order valence-electron chi connectivity index (χ3n) is 4.97. The average molecular weight is 293 g/mol. The number of rotatable bonds is 4. The summed E-state index contributed by atoms with van der Waals surface area (Å²) in [5.74, 6) is -0.328. The van der Waals surface area contributed by atoms with Crippen molar-refractivity contribution in [1.82, 2.24) is 5.32 Å². The number of hydrogen-bond acceptors (Lipinski definition) is 4. The zero-order valence-corrected chi connectivity index (χ0v) is 12.5. The second-order valence-electron chi connectivity index (χ2n) is 6.76. The van der Waals surface area contributed by atoms with Gasteiger partial charge in [0.05, 0.1) is 5.92 Å². The molecule has 3 aliphatic carbocycles. The fraction of sp³-hybridized carbons (Fsp3) is 0.812. The van der Waals surface area contributed by atoms with Gasteiger partial charge in [-0.05, 0) is 45.4 Å². The molecule has 0 heterocycles. The average Bonchev–Trinajstić information content (AvgIpc) is 3.22. The van der Waals surface area contributed by atoms with Gasteiger partial charge in [-0.3, -0.25) is 14.4 Å². The van der Waals surface area contributed by atoms with Crippen LogP contribution in [0.15, 0.2) is 0 Å². The fourth-order valence-corrected chi connectivity index (χ4v) is 3.54. The quantitative estimate of drug-likeness (QED) is 0.799. The lowest BCUT2D eigenvalue weighted by Crippen LogP contribution is -2.42. The molecule has 1 amide bonds. The number of ether oxygens (including phenoxy) is 1. The molecular weight excluding hydrogens is 270 g/mol. The molecule has 116 valence electrons. The van der Waals surface area contributed by atoms with Gasteiger partial charge in [-0.2, -0.15) is 0 Å². The Kier molecular flexibility index (Phi) is 4.00. The summed E-state index contributed by atoms with van der Waals surface area (Å²) in [6.45, 7) is 1.62. The molecule has 3 aliphatic rings. The van der Waals surface area contributed by atoms with E-state index in [1.807, 2.05) is 0 Å². The van der Waals surface area contributed by atoms with Crippen molar-refractivity contribution in [1.29, 1.82) is 0 Å². The Morgan fingerprint density at radius 2 is 1.76 bits per heavy atom. The zero-order chi connectivity index (χ0) is 15.0. The number of esters is 1. The first-order valence-corrected chi connectivity index (χ1v) is 8.09. The van der Waals surface area contributed by atoms with Gasteiger partial charge in [0.2, 0.25) is 0 Å². The van der Waals surface area contributed by atoms with Crippen LogP contribution in [-0.4, -0.2) is 29.8 Å². The van der Waals surface area contributed by atoms with E-state index in [1.165, 1.54) is 0 Å². The molecular formula is C16H23NO4. The molecule has 0 radical (unpaired) electrons. The highest BCUT2D eigenvalue weighted by molar-refractivity contribution is 5.88. The predicted molar refractivity (Wildman–Crippen MR) is 75.3 cm³/mol. The summed E-state index contributed by atoms with van der Waals surface area (Å²) in [5, 5.41) is 2.84. The Labute approximate surface area is 124 Å². The minimum Gasteiger partial charge on any atom is -0.452 e. The van der Waals surface area contributed by atoms with Crippen LogP contribution >= 0.6 is 0 Å². The lowest BCUT2D eigenvalue weighted by molar-refractivity contribution is -0.162. The second kappa shape index (κ2) is 5.78. The maximum Gasteiger partial charge on any atom is 0.309 e. The molecule has 1 unspecified atom stereocenters. The first-order valence-electron chi connectivity index (χ1n) is 8.09. The van der Waals surface area contributed by atoms with Crippen molar-refractivity contribution in [2.24, 2.45) is 17.8 Å². The van der Waals surface area contributed by atoms with Crippen molar-refractivity contribution < 1.29 is 19.1 Å². The van der Waals surface area contributed by atoms with Crippen molar-refractivity contribution in [3.05, 3.63) is 0 Å². The van der Waals surface area contributed by atoms with E-state index < -0.39 is 6.10 Å². The largest absolute Gasteiger partial charge is 0.452 e. The highest BCUT2D eigenvalue weighted by Crippen LogP contribution is 2.40. The van der Waals surface area contributed by atoms with Crippen LogP contribution in [-0.2, 0) is 19.1 Å². The normalized spacial score (nSPS) is 33.2. The van der Waals surface area contributed by atoms with Crippen molar-refractivity contribution >= 4 is 17.7 Å². The number of ketones is 1. The number of nitrogens with one attached hydrogen (secondary N) is 1. The van der Waals surface area contributed by atoms with Gasteiger partial charge in [0.15, 0.2) is 6.10 Å². The van der Waals surface area contributed by atoms with Crippen molar-refractivity contribution in [3.63, 3.8) is 0 Å². The molecule has 0 aliphatic heterocycles. The van der Waals surface area contributed by atoms with E-state index in [2.05, 4.69) is 5.32 Å². The smallest absolute Gasteiger partial charge is 0.309 e. The Morgan fingerprint density at radius 3 is 2.33 bits per heavy atom. The predicted octanol–water partition coefficient (Wildman–Crippen LogP) is 1.59. The van der Waals surface area contributed by atoms with Gasteiger partial charge >= 0.3 is 5.97 Å². The van der Waals surface area contributed by atoms with Crippen LogP contribution in [0.5, 0.6) is 0 Å². The third-order valence-corrected chi connectivity index (χ3v) is 4.97. The molecule has 0 saturated heterocycles. The number of fused-ring (bicyclic) bond motifs is 2. The molecule has 5 heteroatoms. The van der Waals surface area contributed by atoms with Gasteiger partial charge < -0.3 is 10.1 Å². The standard InChI is InChI=1S/C16H23NO4/c1-9(15(19)17-13-5-6-13)21-16(20)12-7-10-3-2-4-11(8-12)14(10)18/h9-13H,2-8H2,1H3,(H,17,19)/t9-,10-,11+,12?/m0/s1. The molecule has 5 nitrogen and oxygen atoms in total. The van der Waals surface area contributed by atoms with E-state index in [1.54, 1.807) is 6.92 Å². The maximum absolute atomic E-state index is 12.2. The summed E-state index contributed by atoms with van der Waals surface area (Å²) in [4.78, 5) is 36.1. The number of carbonyl (C=O) groups excluding carboxylic acids is 3. The molecule has 0 spiro atoms. The van der Waals surface area contributed by atoms with Crippen molar-refractivity contribution in [3.8, 4) is 0 Å². The summed E-state index contributed by atoms with van der Waals surface area (Å²) < 4.78 is 5.32. The Morgan fingerprint density at radius 1 is 1.14 bits per heavy atom. The number of Topliss-reactive ketones (excluding diaryl/α,β-unsaturated/α-hetero) is 1. The summed E-state index contributed by atoms with van der Waals surface area (Å²) in [5.41, 5.74) is 0. The van der Waals surface area contributed by atoms with Gasteiger partial charge in [0.25, 0.3) is 5.91 Å². The van der Waals surface area contributed by atoms with Gasteiger partial charge in [0.1, 0.15) is 5.78 Å². The molecule has 2 bridgehead atoms. The first kappa shape index (κ1) is 14.5. The lowest BCUT2D eigenvalue weighted by Gasteiger charge is -2.36. The first-order chi connectivity index (χ1) is 10.0. The molecule has 21 heavy (non-hydrogen) atoms. The highest BCUT2D eigenvalue weighted by atomic mass is 16.5. The van der Waals surface area contributed by atoms with Gasteiger partial charge in [-0.25, -0.2) is 0 Å². The summed E-state index contributed by atoms with van der Waals surface area (Å²) >= 11 is 0. The minimum absolute atomic E-state index is 0.0330. The van der Waals surface area contributed by atoms with E-state index >= 15 is 0 Å². The molecule has 3 fully saturated rings. The van der Waals surface area contributed by atoms with E-state index in [-0.39, 0.29) is 35.7 Å². The van der Waals surface area contributed by atoms with E-state index in [0.717, 1.165) is 32.1 Å². The Bertz CT molecular complexity index is 441. The van der Waals surface area contributed by atoms with E-state index in [4.69, 9.17) is 4.74 Å². The van der Waals surface area contributed by atoms with E-state index in [9.17, 15) is 14.4 Å². The fourth-order valence-electron chi connectivity index (χ4n) is 3.54. The molecule has 3 rings (SSSR count). The van der Waals surface area contributed by atoms with Crippen molar-refractivity contribution in [2.75, 3.05) is 0 Å². The van der Waals surface area contributed by atoms with Gasteiger partial charge in [-0.1, -0.05) is 6.42 Å². The summed E-state index contributed by atoms with van der Waals surface area (Å²) in [6, 6.07) is 0.269. The molecule has 4 atom stereocenters. The van der Waals surface area contributed by atoms with Crippen LogP contribution in [0.2, 0.25) is 0 Å². The molecule has 1 N–H and O–H groups in total. The van der Waals surface area contributed by atoms with Crippen LogP contribution < -0.4 is 5.32 Å². The van der Waals surface area contributed by atoms with E-state index in [0.29, 0.717) is 18.6 Å².